The number of aryl methyl sites for hydroxylation is 1. The predicted molar refractivity (Wildman–Crippen MR) is 134 cm³/mol. The van der Waals surface area contributed by atoms with Crippen LogP contribution in [-0.2, 0) is 9.53 Å². The number of aliphatic carboxylic acids is 1. The van der Waals surface area contributed by atoms with Crippen LogP contribution < -0.4 is 10.6 Å². The molecule has 0 aromatic heterocycles. The summed E-state index contributed by atoms with van der Waals surface area (Å²) in [5.41, 5.74) is 6.32. The van der Waals surface area contributed by atoms with E-state index in [-0.39, 0.29) is 37.3 Å². The van der Waals surface area contributed by atoms with Crippen molar-refractivity contribution in [3.05, 3.63) is 89.0 Å². The summed E-state index contributed by atoms with van der Waals surface area (Å²) in [6.45, 7) is 4.04. The molecule has 4 rings (SSSR count). The lowest BCUT2D eigenvalue weighted by Crippen LogP contribution is -2.29. The smallest absolute Gasteiger partial charge is 0.411 e. The van der Waals surface area contributed by atoms with Crippen molar-refractivity contribution in [2.24, 2.45) is 5.92 Å². The van der Waals surface area contributed by atoms with Crippen molar-refractivity contribution >= 4 is 23.7 Å². The molecule has 0 aliphatic heterocycles. The van der Waals surface area contributed by atoms with Crippen LogP contribution >= 0.6 is 0 Å². The van der Waals surface area contributed by atoms with E-state index in [1.165, 1.54) is 11.1 Å². The molecule has 7 nitrogen and oxygen atoms in total. The maximum atomic E-state index is 12.6. The highest BCUT2D eigenvalue weighted by Gasteiger charge is 2.29. The number of amides is 2. The number of fused-ring (bicyclic) bond motifs is 3. The molecule has 0 saturated carbocycles. The van der Waals surface area contributed by atoms with E-state index in [1.54, 1.807) is 32.0 Å². The Kier molecular flexibility index (Phi) is 7.15. The zero-order valence-electron chi connectivity index (χ0n) is 19.7. The van der Waals surface area contributed by atoms with Crippen LogP contribution in [0, 0.1) is 12.8 Å². The van der Waals surface area contributed by atoms with Gasteiger partial charge in [-0.05, 0) is 58.9 Å². The van der Waals surface area contributed by atoms with Gasteiger partial charge in [-0.25, -0.2) is 4.79 Å². The van der Waals surface area contributed by atoms with Crippen LogP contribution in [0.4, 0.5) is 10.5 Å². The fourth-order valence-electron chi connectivity index (χ4n) is 4.43. The van der Waals surface area contributed by atoms with E-state index in [1.807, 2.05) is 24.3 Å². The summed E-state index contributed by atoms with van der Waals surface area (Å²) in [6, 6.07) is 21.3. The topological polar surface area (TPSA) is 105 Å². The van der Waals surface area contributed by atoms with E-state index >= 15 is 0 Å². The predicted octanol–water partition coefficient (Wildman–Crippen LogP) is 5.20. The normalized spacial score (nSPS) is 12.9. The number of benzene rings is 3. The summed E-state index contributed by atoms with van der Waals surface area (Å²) in [4.78, 5) is 35.7. The number of carboxylic acids is 1. The Labute approximate surface area is 204 Å². The Morgan fingerprint density at radius 2 is 1.60 bits per heavy atom. The standard InChI is InChI=1S/C28H28N2O5/c1-17(13-26(31)32)15-29-27(33)19-11-12-25(18(2)14-19)30-28(34)35-16-24-22-9-5-3-7-20(22)21-8-4-6-10-23(21)24/h3-12,14,17,24H,13,15-16H2,1-2H3,(H,29,33)(H,30,34)(H,31,32). The number of carboxylic acid groups (broad SMARTS) is 1. The Morgan fingerprint density at radius 1 is 0.971 bits per heavy atom. The van der Waals surface area contributed by atoms with Crippen molar-refractivity contribution in [3.63, 3.8) is 0 Å². The molecule has 1 aliphatic carbocycles. The maximum absolute atomic E-state index is 12.6. The zero-order chi connectivity index (χ0) is 24.9. The highest BCUT2D eigenvalue weighted by Crippen LogP contribution is 2.44. The third-order valence-electron chi connectivity index (χ3n) is 6.20. The van der Waals surface area contributed by atoms with E-state index in [0.29, 0.717) is 16.8 Å². The fourth-order valence-corrected chi connectivity index (χ4v) is 4.43. The summed E-state index contributed by atoms with van der Waals surface area (Å²) < 4.78 is 5.60. The summed E-state index contributed by atoms with van der Waals surface area (Å²) in [6.07, 6.45) is -0.572. The highest BCUT2D eigenvalue weighted by molar-refractivity contribution is 5.95. The molecule has 7 heteroatoms. The molecule has 2 amide bonds. The SMILES string of the molecule is Cc1cc(C(=O)NCC(C)CC(=O)O)ccc1NC(=O)OCC1c2ccccc2-c2ccccc21. The lowest BCUT2D eigenvalue weighted by atomic mass is 9.98. The summed E-state index contributed by atoms with van der Waals surface area (Å²) in [5, 5.41) is 14.3. The van der Waals surface area contributed by atoms with E-state index in [4.69, 9.17) is 9.84 Å². The van der Waals surface area contributed by atoms with Gasteiger partial charge >= 0.3 is 12.1 Å². The van der Waals surface area contributed by atoms with Crippen molar-refractivity contribution in [2.45, 2.75) is 26.2 Å². The van der Waals surface area contributed by atoms with Gasteiger partial charge in [0.1, 0.15) is 6.61 Å². The summed E-state index contributed by atoms with van der Waals surface area (Å²) >= 11 is 0. The lowest BCUT2D eigenvalue weighted by molar-refractivity contribution is -0.137. The molecule has 0 fully saturated rings. The number of hydrogen-bond acceptors (Lipinski definition) is 4. The molecule has 1 atom stereocenters. The molecule has 0 radical (unpaired) electrons. The number of carbonyl (C=O) groups is 3. The van der Waals surface area contributed by atoms with Crippen LogP contribution in [0.1, 0.15) is 46.3 Å². The molecule has 0 spiro atoms. The molecule has 0 bridgehead atoms. The monoisotopic (exact) mass is 472 g/mol. The number of nitrogens with one attached hydrogen (secondary N) is 2. The molecule has 3 N–H and O–H groups in total. The molecular formula is C28H28N2O5. The van der Waals surface area contributed by atoms with Crippen LogP contribution in [-0.4, -0.2) is 36.2 Å². The quantitative estimate of drug-likeness (QED) is 0.418. The number of hydrogen-bond donors (Lipinski definition) is 3. The van der Waals surface area contributed by atoms with Gasteiger partial charge in [0.25, 0.3) is 5.91 Å². The second kappa shape index (κ2) is 10.4. The van der Waals surface area contributed by atoms with Gasteiger partial charge in [0, 0.05) is 30.1 Å². The van der Waals surface area contributed by atoms with E-state index < -0.39 is 12.1 Å². The van der Waals surface area contributed by atoms with Gasteiger partial charge in [0.15, 0.2) is 0 Å². The molecule has 3 aromatic carbocycles. The van der Waals surface area contributed by atoms with Crippen LogP contribution in [0.5, 0.6) is 0 Å². The average Bonchev–Trinajstić information content (AvgIpc) is 3.16. The summed E-state index contributed by atoms with van der Waals surface area (Å²) in [5.74, 6) is -1.39. The summed E-state index contributed by atoms with van der Waals surface area (Å²) in [7, 11) is 0. The molecular weight excluding hydrogens is 444 g/mol. The Morgan fingerprint density at radius 3 is 2.20 bits per heavy atom. The highest BCUT2D eigenvalue weighted by atomic mass is 16.5. The zero-order valence-corrected chi connectivity index (χ0v) is 19.7. The Bertz CT molecular complexity index is 1220. The third kappa shape index (κ3) is 5.51. The fraction of sp³-hybridized carbons (Fsp3) is 0.250. The average molecular weight is 473 g/mol. The number of anilines is 1. The van der Waals surface area contributed by atoms with Gasteiger partial charge in [-0.1, -0.05) is 55.5 Å². The number of carbonyl (C=O) groups excluding carboxylic acids is 2. The molecule has 1 aliphatic rings. The van der Waals surface area contributed by atoms with Gasteiger partial charge in [-0.2, -0.15) is 0 Å². The molecule has 35 heavy (non-hydrogen) atoms. The van der Waals surface area contributed by atoms with Crippen LogP contribution in [0.15, 0.2) is 66.7 Å². The minimum absolute atomic E-state index is 0.0116. The van der Waals surface area contributed by atoms with Crippen molar-refractivity contribution < 1.29 is 24.2 Å². The maximum Gasteiger partial charge on any atom is 0.411 e. The Balaban J connectivity index is 1.35. The first-order chi connectivity index (χ1) is 16.8. The van der Waals surface area contributed by atoms with Gasteiger partial charge < -0.3 is 15.2 Å². The lowest BCUT2D eigenvalue weighted by Gasteiger charge is -2.15. The second-order valence-electron chi connectivity index (χ2n) is 8.89. The molecule has 180 valence electrons. The van der Waals surface area contributed by atoms with Gasteiger partial charge in [0.05, 0.1) is 0 Å². The first kappa shape index (κ1) is 24.0. The van der Waals surface area contributed by atoms with Gasteiger partial charge in [-0.15, -0.1) is 0 Å². The van der Waals surface area contributed by atoms with Crippen molar-refractivity contribution in [2.75, 3.05) is 18.5 Å². The Hall–Kier alpha value is -4.13. The number of rotatable bonds is 8. The van der Waals surface area contributed by atoms with E-state index in [2.05, 4.69) is 34.9 Å². The first-order valence-electron chi connectivity index (χ1n) is 11.6. The van der Waals surface area contributed by atoms with Crippen molar-refractivity contribution in [3.8, 4) is 11.1 Å². The minimum atomic E-state index is -0.897. The van der Waals surface area contributed by atoms with E-state index in [9.17, 15) is 14.4 Å². The second-order valence-corrected chi connectivity index (χ2v) is 8.89. The molecule has 0 saturated heterocycles. The van der Waals surface area contributed by atoms with Crippen molar-refractivity contribution in [1.29, 1.82) is 0 Å². The van der Waals surface area contributed by atoms with Crippen LogP contribution in [0.25, 0.3) is 11.1 Å². The number of ether oxygens (including phenoxy) is 1. The first-order valence-corrected chi connectivity index (χ1v) is 11.6. The van der Waals surface area contributed by atoms with Gasteiger partial charge in [0.2, 0.25) is 0 Å². The molecule has 1 unspecified atom stereocenters. The third-order valence-corrected chi connectivity index (χ3v) is 6.20. The van der Waals surface area contributed by atoms with Gasteiger partial charge in [-0.3, -0.25) is 14.9 Å². The van der Waals surface area contributed by atoms with Crippen molar-refractivity contribution in [1.82, 2.24) is 5.32 Å². The minimum Gasteiger partial charge on any atom is -0.481 e. The van der Waals surface area contributed by atoms with Crippen LogP contribution in [0.3, 0.4) is 0 Å². The largest absolute Gasteiger partial charge is 0.481 e. The van der Waals surface area contributed by atoms with Crippen LogP contribution in [0.2, 0.25) is 0 Å². The molecule has 3 aromatic rings. The molecule has 0 heterocycles. The van der Waals surface area contributed by atoms with E-state index in [0.717, 1.165) is 11.1 Å².